The van der Waals surface area contributed by atoms with Crippen molar-refractivity contribution in [1.82, 2.24) is 10.2 Å². The van der Waals surface area contributed by atoms with E-state index in [1.54, 1.807) is 0 Å². The molecule has 1 aliphatic heterocycles. The quantitative estimate of drug-likeness (QED) is 0.888. The number of carbonyl (C=O) groups is 2. The van der Waals surface area contributed by atoms with Gasteiger partial charge in [0.25, 0.3) is 0 Å². The highest BCUT2D eigenvalue weighted by atomic mass is 16.4. The van der Waals surface area contributed by atoms with Gasteiger partial charge in [0, 0.05) is 18.0 Å². The first-order valence-corrected chi connectivity index (χ1v) is 9.41. The molecule has 1 unspecified atom stereocenters. The molecule has 4 aliphatic rings. The number of nitrogens with one attached hydrogen (secondary N) is 1. The predicted molar refractivity (Wildman–Crippen MR) is 91.9 cm³/mol. The molecule has 2 amide bonds. The number of fused-ring (bicyclic) bond motifs is 1. The van der Waals surface area contributed by atoms with E-state index in [-0.39, 0.29) is 29.4 Å². The third-order valence-corrected chi connectivity index (χ3v) is 7.29. The van der Waals surface area contributed by atoms with E-state index in [0.29, 0.717) is 6.42 Å². The molecule has 132 valence electrons. The minimum absolute atomic E-state index is 0.0118. The van der Waals surface area contributed by atoms with E-state index in [2.05, 4.69) is 17.4 Å². The molecule has 0 radical (unpaired) electrons. The van der Waals surface area contributed by atoms with Crippen molar-refractivity contribution in [3.05, 3.63) is 35.9 Å². The van der Waals surface area contributed by atoms with Gasteiger partial charge in [0.15, 0.2) is 0 Å². The lowest BCUT2D eigenvalue weighted by Gasteiger charge is -2.56. The zero-order chi connectivity index (χ0) is 17.2. The Balaban J connectivity index is 1.30. The van der Waals surface area contributed by atoms with Gasteiger partial charge in [-0.2, -0.15) is 0 Å². The average molecular weight is 340 g/mol. The van der Waals surface area contributed by atoms with Gasteiger partial charge in [-0.05, 0) is 37.2 Å². The van der Waals surface area contributed by atoms with E-state index in [1.807, 2.05) is 23.1 Å². The van der Waals surface area contributed by atoms with E-state index in [9.17, 15) is 14.7 Å². The fraction of sp³-hybridized carbons (Fsp3) is 0.600. The summed E-state index contributed by atoms with van der Waals surface area (Å²) in [7, 11) is 0. The van der Waals surface area contributed by atoms with Gasteiger partial charge in [-0.1, -0.05) is 43.2 Å². The van der Waals surface area contributed by atoms with Crippen molar-refractivity contribution in [2.75, 3.05) is 6.54 Å². The standard InChI is InChI=1S/C20H24N2O3/c23-17(24)20-10-14(20)15(11-20)21-18(25)22-12-19(8-4-5-9-19)16(22)13-6-2-1-3-7-13/h1-3,6-7,14-16H,4-5,8-12H2,(H,21,25)(H,23,24)/t14-,15-,16?,20-/m0/s1. The largest absolute Gasteiger partial charge is 0.481 e. The Bertz CT molecular complexity index is 728. The van der Waals surface area contributed by atoms with E-state index in [1.165, 1.54) is 31.2 Å². The van der Waals surface area contributed by atoms with Crippen molar-refractivity contribution in [3.63, 3.8) is 0 Å². The molecule has 1 saturated heterocycles. The van der Waals surface area contributed by atoms with Crippen LogP contribution in [0.1, 0.15) is 50.1 Å². The van der Waals surface area contributed by atoms with Crippen LogP contribution in [-0.4, -0.2) is 34.6 Å². The van der Waals surface area contributed by atoms with Crippen molar-refractivity contribution in [2.45, 2.75) is 50.6 Å². The molecule has 4 fully saturated rings. The summed E-state index contributed by atoms with van der Waals surface area (Å²) in [5.74, 6) is -0.551. The van der Waals surface area contributed by atoms with Crippen molar-refractivity contribution < 1.29 is 14.7 Å². The Hall–Kier alpha value is -2.04. The molecular formula is C20H24N2O3. The molecule has 4 atom stereocenters. The molecule has 1 aromatic rings. The molecule has 1 heterocycles. The number of carboxylic acid groups (broad SMARTS) is 1. The highest BCUT2D eigenvalue weighted by Crippen LogP contribution is 2.67. The zero-order valence-electron chi connectivity index (χ0n) is 14.3. The Morgan fingerprint density at radius 3 is 2.44 bits per heavy atom. The van der Waals surface area contributed by atoms with E-state index >= 15 is 0 Å². The summed E-state index contributed by atoms with van der Waals surface area (Å²) in [6, 6.07) is 10.6. The first-order chi connectivity index (χ1) is 12.1. The van der Waals surface area contributed by atoms with Crippen molar-refractivity contribution in [2.24, 2.45) is 16.7 Å². The minimum Gasteiger partial charge on any atom is -0.481 e. The molecule has 2 N–H and O–H groups in total. The fourth-order valence-corrected chi connectivity index (χ4v) is 5.80. The number of carboxylic acids is 1. The Labute approximate surface area is 147 Å². The van der Waals surface area contributed by atoms with E-state index < -0.39 is 11.4 Å². The molecule has 5 heteroatoms. The van der Waals surface area contributed by atoms with Crippen molar-refractivity contribution in [1.29, 1.82) is 0 Å². The Kier molecular flexibility index (Phi) is 3.04. The summed E-state index contributed by atoms with van der Waals surface area (Å²) < 4.78 is 0. The molecule has 0 bridgehead atoms. The number of rotatable bonds is 3. The second-order valence-corrected chi connectivity index (χ2v) is 8.54. The van der Waals surface area contributed by atoms with Gasteiger partial charge in [-0.15, -0.1) is 0 Å². The number of hydrogen-bond acceptors (Lipinski definition) is 2. The second kappa shape index (κ2) is 4.99. The zero-order valence-corrected chi connectivity index (χ0v) is 14.3. The predicted octanol–water partition coefficient (Wildman–Crippen LogP) is 3.18. The molecule has 1 spiro atoms. The lowest BCUT2D eigenvalue weighted by atomic mass is 9.67. The summed E-state index contributed by atoms with van der Waals surface area (Å²) in [6.45, 7) is 0.833. The topological polar surface area (TPSA) is 69.6 Å². The van der Waals surface area contributed by atoms with Crippen molar-refractivity contribution in [3.8, 4) is 0 Å². The lowest BCUT2D eigenvalue weighted by molar-refractivity contribution is -0.147. The van der Waals surface area contributed by atoms with Gasteiger partial charge in [0.2, 0.25) is 0 Å². The Morgan fingerprint density at radius 1 is 1.12 bits per heavy atom. The highest BCUT2D eigenvalue weighted by Gasteiger charge is 2.72. The minimum atomic E-state index is -0.695. The van der Waals surface area contributed by atoms with E-state index in [4.69, 9.17) is 0 Å². The van der Waals surface area contributed by atoms with Gasteiger partial charge in [-0.25, -0.2) is 4.79 Å². The maximum atomic E-state index is 12.9. The van der Waals surface area contributed by atoms with Crippen LogP contribution in [0.3, 0.4) is 0 Å². The van der Waals surface area contributed by atoms with E-state index in [0.717, 1.165) is 13.0 Å². The van der Waals surface area contributed by atoms with Crippen molar-refractivity contribution >= 4 is 12.0 Å². The van der Waals surface area contributed by atoms with Gasteiger partial charge >= 0.3 is 12.0 Å². The van der Waals surface area contributed by atoms with Gasteiger partial charge in [0.1, 0.15) is 0 Å². The van der Waals surface area contributed by atoms with Crippen LogP contribution >= 0.6 is 0 Å². The highest BCUT2D eigenvalue weighted by molar-refractivity contribution is 5.83. The number of hydrogen-bond donors (Lipinski definition) is 2. The summed E-state index contributed by atoms with van der Waals surface area (Å²) in [4.78, 5) is 26.1. The van der Waals surface area contributed by atoms with Crippen LogP contribution in [0.5, 0.6) is 0 Å². The number of likely N-dealkylation sites (tertiary alicyclic amines) is 1. The molecule has 1 aromatic carbocycles. The second-order valence-electron chi connectivity index (χ2n) is 8.54. The first kappa shape index (κ1) is 15.2. The monoisotopic (exact) mass is 340 g/mol. The number of aliphatic carboxylic acids is 1. The maximum absolute atomic E-state index is 12.9. The molecule has 5 nitrogen and oxygen atoms in total. The fourth-order valence-electron chi connectivity index (χ4n) is 5.80. The molecule has 3 aliphatic carbocycles. The molecular weight excluding hydrogens is 316 g/mol. The normalized spacial score (nSPS) is 37.0. The van der Waals surface area contributed by atoms with Gasteiger partial charge < -0.3 is 15.3 Å². The summed E-state index contributed by atoms with van der Waals surface area (Å²) in [6.07, 6.45) is 6.22. The number of urea groups is 1. The summed E-state index contributed by atoms with van der Waals surface area (Å²) >= 11 is 0. The van der Waals surface area contributed by atoms with Crippen LogP contribution in [0.15, 0.2) is 30.3 Å². The maximum Gasteiger partial charge on any atom is 0.318 e. The third-order valence-electron chi connectivity index (χ3n) is 7.29. The third kappa shape index (κ3) is 2.01. The lowest BCUT2D eigenvalue weighted by Crippen LogP contribution is -2.63. The SMILES string of the molecule is O=C(N[C@H]1C[C@@]2(C(=O)O)C[C@@H]12)N1CC2(CCCC2)C1c1ccccc1. The van der Waals surface area contributed by atoms with Crippen LogP contribution in [0.4, 0.5) is 4.79 Å². The average Bonchev–Trinajstić information content (AvgIpc) is 2.94. The molecule has 25 heavy (non-hydrogen) atoms. The molecule has 5 rings (SSSR count). The van der Waals surface area contributed by atoms with Crippen LogP contribution in [-0.2, 0) is 4.79 Å². The van der Waals surface area contributed by atoms with Crippen LogP contribution in [0.2, 0.25) is 0 Å². The number of benzene rings is 1. The summed E-state index contributed by atoms with van der Waals surface area (Å²) in [5, 5.41) is 12.4. The van der Waals surface area contributed by atoms with Crippen LogP contribution < -0.4 is 5.32 Å². The molecule has 3 saturated carbocycles. The molecule has 0 aromatic heterocycles. The van der Waals surface area contributed by atoms with Crippen LogP contribution in [0.25, 0.3) is 0 Å². The van der Waals surface area contributed by atoms with Crippen LogP contribution in [0, 0.1) is 16.7 Å². The number of carbonyl (C=O) groups excluding carboxylic acids is 1. The summed E-state index contributed by atoms with van der Waals surface area (Å²) in [5.41, 5.74) is 0.965. The van der Waals surface area contributed by atoms with Gasteiger partial charge in [-0.3, -0.25) is 4.79 Å². The first-order valence-electron chi connectivity index (χ1n) is 9.41. The smallest absolute Gasteiger partial charge is 0.318 e. The number of amides is 2. The van der Waals surface area contributed by atoms with Gasteiger partial charge in [0.05, 0.1) is 11.5 Å². The number of nitrogens with zero attached hydrogens (tertiary/aromatic N) is 1. The Morgan fingerprint density at radius 2 is 1.84 bits per heavy atom.